The van der Waals surface area contributed by atoms with Gasteiger partial charge in [-0.15, -0.1) is 0 Å². The molecule has 188 valence electrons. The van der Waals surface area contributed by atoms with Crippen LogP contribution in [0.15, 0.2) is 53.3 Å². The highest BCUT2D eigenvalue weighted by molar-refractivity contribution is 5.87. The van der Waals surface area contributed by atoms with Crippen LogP contribution in [-0.4, -0.2) is 65.3 Å². The quantitative estimate of drug-likeness (QED) is 0.501. The first kappa shape index (κ1) is 24.0. The van der Waals surface area contributed by atoms with Crippen LogP contribution in [0.2, 0.25) is 0 Å². The minimum Gasteiger partial charge on any atom is -0.457 e. The van der Waals surface area contributed by atoms with Crippen molar-refractivity contribution in [2.75, 3.05) is 7.11 Å². The number of esters is 2. The summed E-state index contributed by atoms with van der Waals surface area (Å²) >= 11 is 0. The smallest absolute Gasteiger partial charge is 0.355 e. The molecule has 4 aliphatic rings. The van der Waals surface area contributed by atoms with Crippen LogP contribution in [0, 0.1) is 17.8 Å². The molecule has 9 atom stereocenters. The lowest BCUT2D eigenvalue weighted by Crippen LogP contribution is -2.61. The lowest BCUT2D eigenvalue weighted by Gasteiger charge is -2.56. The molecule has 0 bridgehead atoms. The zero-order valence-corrected chi connectivity index (χ0v) is 20.7. The maximum absolute atomic E-state index is 12.9. The van der Waals surface area contributed by atoms with Gasteiger partial charge >= 0.3 is 11.9 Å². The molecule has 8 heteroatoms. The second-order valence-electron chi connectivity index (χ2n) is 10.2. The summed E-state index contributed by atoms with van der Waals surface area (Å²) in [5.74, 6) is -1.36. The Kier molecular flexibility index (Phi) is 6.02. The van der Waals surface area contributed by atoms with Crippen LogP contribution in [-0.2, 0) is 23.7 Å². The number of ether oxygens (including phenoxy) is 4. The SMILES string of the molecule is CO[C@H]1CC2C=CC3=C4C(OC42/C(C)=C/C(C)C(C(C)O)OC1=O)[C@@H](C)[C@H]3OC(=O)c1ccc[nH]1. The van der Waals surface area contributed by atoms with Crippen molar-refractivity contribution in [2.45, 2.75) is 70.2 Å². The largest absolute Gasteiger partial charge is 0.457 e. The van der Waals surface area contributed by atoms with E-state index >= 15 is 0 Å². The zero-order valence-electron chi connectivity index (χ0n) is 20.7. The summed E-state index contributed by atoms with van der Waals surface area (Å²) in [6, 6.07) is 3.45. The number of hydrogen-bond donors (Lipinski definition) is 2. The number of aromatic amines is 1. The van der Waals surface area contributed by atoms with Crippen molar-refractivity contribution in [3.05, 3.63) is 59.0 Å². The molecular formula is C27H33NO7. The summed E-state index contributed by atoms with van der Waals surface area (Å²) in [5, 5.41) is 10.3. The molecule has 1 spiro atoms. The summed E-state index contributed by atoms with van der Waals surface area (Å²) < 4.78 is 23.9. The van der Waals surface area contributed by atoms with Crippen molar-refractivity contribution in [2.24, 2.45) is 17.8 Å². The molecule has 1 fully saturated rings. The topological polar surface area (TPSA) is 107 Å². The van der Waals surface area contributed by atoms with Gasteiger partial charge in [0.25, 0.3) is 0 Å². The molecular weight excluding hydrogens is 450 g/mol. The summed E-state index contributed by atoms with van der Waals surface area (Å²) in [6.07, 6.45) is 5.18. The second-order valence-corrected chi connectivity index (χ2v) is 10.2. The van der Waals surface area contributed by atoms with Crippen molar-refractivity contribution in [3.8, 4) is 0 Å². The molecule has 5 rings (SSSR count). The molecule has 1 aromatic heterocycles. The van der Waals surface area contributed by atoms with Gasteiger partial charge in [-0.25, -0.2) is 9.59 Å². The van der Waals surface area contributed by atoms with E-state index in [1.165, 1.54) is 7.11 Å². The van der Waals surface area contributed by atoms with Crippen LogP contribution in [0.25, 0.3) is 0 Å². The molecule has 1 aromatic rings. The molecule has 0 aromatic carbocycles. The molecule has 0 radical (unpaired) electrons. The molecule has 8 nitrogen and oxygen atoms in total. The third-order valence-corrected chi connectivity index (χ3v) is 8.01. The van der Waals surface area contributed by atoms with E-state index in [1.54, 1.807) is 25.3 Å². The fourth-order valence-corrected chi connectivity index (χ4v) is 6.28. The summed E-state index contributed by atoms with van der Waals surface area (Å²) in [4.78, 5) is 28.6. The number of carbonyl (C=O) groups is 2. The van der Waals surface area contributed by atoms with Crippen LogP contribution in [0.4, 0.5) is 0 Å². The van der Waals surface area contributed by atoms with Gasteiger partial charge in [-0.05, 0) is 43.5 Å². The molecule has 0 saturated carbocycles. The zero-order chi connectivity index (χ0) is 25.1. The lowest BCUT2D eigenvalue weighted by atomic mass is 9.64. The number of carbonyl (C=O) groups excluding carboxylic acids is 2. The standard InChI is InChI=1S/C27H33NO7/c1-13-11-14(2)27-17(12-20(32-5)26(31)33-22(13)16(4)29)8-9-18-21(27)24(35-27)15(3)23(18)34-25(30)19-7-6-10-28-19/h6-11,13,15-17,20,22-24,28-29H,12H2,1-5H3/b14-11+/t13?,15-,16?,17?,20-,22?,23+,24?,27?/m0/s1. The molecule has 1 saturated heterocycles. The van der Waals surface area contributed by atoms with E-state index in [1.807, 2.05) is 39.0 Å². The average molecular weight is 484 g/mol. The number of aliphatic hydroxyl groups is 1. The molecule has 3 heterocycles. The van der Waals surface area contributed by atoms with Crippen LogP contribution >= 0.6 is 0 Å². The molecule has 0 amide bonds. The van der Waals surface area contributed by atoms with Crippen molar-refractivity contribution in [1.82, 2.24) is 4.98 Å². The van der Waals surface area contributed by atoms with Crippen molar-refractivity contribution >= 4 is 11.9 Å². The average Bonchev–Trinajstić information content (AvgIpc) is 3.41. The number of cyclic esters (lactones) is 1. The monoisotopic (exact) mass is 483 g/mol. The van der Waals surface area contributed by atoms with E-state index in [-0.39, 0.29) is 23.9 Å². The van der Waals surface area contributed by atoms with Gasteiger partial charge in [-0.2, -0.15) is 0 Å². The van der Waals surface area contributed by atoms with Gasteiger partial charge < -0.3 is 29.0 Å². The molecule has 2 aliphatic carbocycles. The number of rotatable bonds is 4. The van der Waals surface area contributed by atoms with E-state index in [9.17, 15) is 14.7 Å². The van der Waals surface area contributed by atoms with Crippen molar-refractivity contribution in [1.29, 1.82) is 0 Å². The fourth-order valence-electron chi connectivity index (χ4n) is 6.28. The van der Waals surface area contributed by atoms with Gasteiger partial charge in [0.2, 0.25) is 0 Å². The Hall–Kier alpha value is -2.68. The van der Waals surface area contributed by atoms with Crippen LogP contribution < -0.4 is 0 Å². The first-order valence-corrected chi connectivity index (χ1v) is 12.2. The van der Waals surface area contributed by atoms with E-state index in [0.29, 0.717) is 12.1 Å². The molecule has 2 aliphatic heterocycles. The highest BCUT2D eigenvalue weighted by Gasteiger charge is 2.65. The maximum Gasteiger partial charge on any atom is 0.355 e. The van der Waals surface area contributed by atoms with E-state index in [0.717, 1.165) is 16.7 Å². The van der Waals surface area contributed by atoms with Gasteiger partial charge in [0.1, 0.15) is 23.5 Å². The number of nitrogens with one attached hydrogen (secondary N) is 1. The Balaban J connectivity index is 1.55. The number of H-pyrrole nitrogens is 1. The highest BCUT2D eigenvalue weighted by Crippen LogP contribution is 2.61. The van der Waals surface area contributed by atoms with E-state index < -0.39 is 42.0 Å². The third kappa shape index (κ3) is 3.61. The normalized spacial score (nSPS) is 40.6. The molecule has 6 unspecified atom stereocenters. The summed E-state index contributed by atoms with van der Waals surface area (Å²) in [5.41, 5.74) is 2.73. The summed E-state index contributed by atoms with van der Waals surface area (Å²) in [6.45, 7) is 7.60. The second kappa shape index (κ2) is 8.76. The van der Waals surface area contributed by atoms with Gasteiger partial charge in [0.15, 0.2) is 6.10 Å². The van der Waals surface area contributed by atoms with Crippen LogP contribution in [0.1, 0.15) is 44.6 Å². The Labute approximate surface area is 205 Å². The highest BCUT2D eigenvalue weighted by atomic mass is 16.6. The van der Waals surface area contributed by atoms with Crippen LogP contribution in [0.5, 0.6) is 0 Å². The van der Waals surface area contributed by atoms with Crippen molar-refractivity contribution in [3.63, 3.8) is 0 Å². The Morgan fingerprint density at radius 2 is 2.11 bits per heavy atom. The first-order valence-electron chi connectivity index (χ1n) is 12.2. The minimum atomic E-state index is -0.845. The van der Waals surface area contributed by atoms with Gasteiger partial charge in [-0.1, -0.05) is 32.1 Å². The van der Waals surface area contributed by atoms with Gasteiger partial charge in [0, 0.05) is 36.6 Å². The first-order chi connectivity index (χ1) is 16.7. The minimum absolute atomic E-state index is 0.0537. The number of methoxy groups -OCH3 is 1. The van der Waals surface area contributed by atoms with E-state index in [4.69, 9.17) is 18.9 Å². The predicted octanol–water partition coefficient (Wildman–Crippen LogP) is 3.10. The van der Waals surface area contributed by atoms with Crippen molar-refractivity contribution < 1.29 is 33.6 Å². The van der Waals surface area contributed by atoms with E-state index in [2.05, 4.69) is 4.98 Å². The Morgan fingerprint density at radius 3 is 2.77 bits per heavy atom. The number of hydrogen-bond acceptors (Lipinski definition) is 7. The molecule has 2 N–H and O–H groups in total. The number of aromatic nitrogens is 1. The van der Waals surface area contributed by atoms with Gasteiger partial charge in [-0.3, -0.25) is 0 Å². The van der Waals surface area contributed by atoms with Gasteiger partial charge in [0.05, 0.1) is 12.2 Å². The van der Waals surface area contributed by atoms with Crippen LogP contribution in [0.3, 0.4) is 0 Å². The fraction of sp³-hybridized carbons (Fsp3) is 0.556. The summed E-state index contributed by atoms with van der Waals surface area (Å²) in [7, 11) is 1.49. The Bertz CT molecular complexity index is 1100. The number of aliphatic hydroxyl groups excluding tert-OH is 1. The maximum atomic E-state index is 12.9. The third-order valence-electron chi connectivity index (χ3n) is 8.01. The predicted molar refractivity (Wildman–Crippen MR) is 126 cm³/mol. The lowest BCUT2D eigenvalue weighted by molar-refractivity contribution is -0.179. The Morgan fingerprint density at radius 1 is 1.34 bits per heavy atom. The molecule has 35 heavy (non-hydrogen) atoms.